The molecule has 4 aromatic rings. The van der Waals surface area contributed by atoms with Crippen molar-refractivity contribution in [1.29, 1.82) is 0 Å². The van der Waals surface area contributed by atoms with Gasteiger partial charge in [0.15, 0.2) is 0 Å². The molecule has 2 N–H and O–H groups in total. The van der Waals surface area contributed by atoms with Gasteiger partial charge in [-0.05, 0) is 60.5 Å². The summed E-state index contributed by atoms with van der Waals surface area (Å²) in [6, 6.07) is 18.0. The fourth-order valence-corrected chi connectivity index (χ4v) is 3.25. The molecule has 0 radical (unpaired) electrons. The van der Waals surface area contributed by atoms with E-state index in [9.17, 15) is 4.79 Å². The molecule has 4 rings (SSSR count). The van der Waals surface area contributed by atoms with Gasteiger partial charge >= 0.3 is 0 Å². The number of anilines is 2. The van der Waals surface area contributed by atoms with Gasteiger partial charge in [0.05, 0.1) is 25.0 Å². The lowest BCUT2D eigenvalue weighted by Crippen LogP contribution is -2.29. The highest BCUT2D eigenvalue weighted by atomic mass is 35.5. The number of aryl methyl sites for hydroxylation is 1. The maximum atomic E-state index is 12.9. The van der Waals surface area contributed by atoms with Crippen LogP contribution in [0.4, 0.5) is 11.6 Å². The van der Waals surface area contributed by atoms with Crippen molar-refractivity contribution in [1.82, 2.24) is 19.7 Å². The van der Waals surface area contributed by atoms with Crippen LogP contribution in [0.5, 0.6) is 11.5 Å². The summed E-state index contributed by atoms with van der Waals surface area (Å²) in [7, 11) is 0. The van der Waals surface area contributed by atoms with Gasteiger partial charge < -0.3 is 15.2 Å². The molecule has 0 aliphatic rings. The van der Waals surface area contributed by atoms with Crippen molar-refractivity contribution in [3.05, 3.63) is 99.2 Å². The molecule has 2 aromatic carbocycles. The topological polar surface area (TPSA) is 102 Å². The van der Waals surface area contributed by atoms with Crippen molar-refractivity contribution in [2.75, 3.05) is 5.32 Å². The summed E-state index contributed by atoms with van der Waals surface area (Å²) >= 11 is 5.98. The SMILES string of the molecule is CCc1nnc(Nc2ccc(Oc3ccc(CO)nc3)cc2)n(Cc2ccc(Cl)cc2)c1=O. The van der Waals surface area contributed by atoms with Crippen LogP contribution < -0.4 is 15.6 Å². The number of ether oxygens (including phenoxy) is 1. The van der Waals surface area contributed by atoms with Gasteiger partial charge in [0, 0.05) is 10.7 Å². The Bertz CT molecular complexity index is 1270. The average molecular weight is 464 g/mol. The summed E-state index contributed by atoms with van der Waals surface area (Å²) in [4.78, 5) is 17.0. The van der Waals surface area contributed by atoms with Crippen molar-refractivity contribution in [2.45, 2.75) is 26.5 Å². The molecule has 2 aromatic heterocycles. The maximum absolute atomic E-state index is 12.9. The Morgan fingerprint density at radius 1 is 1.00 bits per heavy atom. The van der Waals surface area contributed by atoms with Crippen LogP contribution in [-0.4, -0.2) is 24.9 Å². The molecule has 0 fully saturated rings. The van der Waals surface area contributed by atoms with Crippen molar-refractivity contribution < 1.29 is 9.84 Å². The lowest BCUT2D eigenvalue weighted by atomic mass is 10.2. The van der Waals surface area contributed by atoms with Crippen LogP contribution in [0.3, 0.4) is 0 Å². The fourth-order valence-electron chi connectivity index (χ4n) is 3.13. The zero-order valence-electron chi connectivity index (χ0n) is 17.9. The molecule has 8 nitrogen and oxygen atoms in total. The number of pyridine rings is 1. The molecule has 33 heavy (non-hydrogen) atoms. The number of hydrogen-bond acceptors (Lipinski definition) is 7. The predicted octanol–water partition coefficient (Wildman–Crippen LogP) is 4.33. The van der Waals surface area contributed by atoms with Crippen LogP contribution >= 0.6 is 11.6 Å². The molecule has 2 heterocycles. The standard InChI is InChI=1S/C24H22ClN5O3/c1-2-22-23(32)30(14-16-3-5-17(25)6-4-16)24(29-28-22)27-18-7-10-20(11-8-18)33-21-12-9-19(15-31)26-13-21/h3-13,31H,2,14-15H2,1H3,(H,27,29). The third-order valence-electron chi connectivity index (χ3n) is 4.91. The molecule has 0 aliphatic heterocycles. The van der Waals surface area contributed by atoms with Gasteiger partial charge in [0.25, 0.3) is 5.56 Å². The van der Waals surface area contributed by atoms with E-state index >= 15 is 0 Å². The average Bonchev–Trinajstić information content (AvgIpc) is 2.84. The molecule has 0 saturated carbocycles. The molecule has 0 aliphatic carbocycles. The van der Waals surface area contributed by atoms with Gasteiger partial charge in [0.2, 0.25) is 5.95 Å². The second kappa shape index (κ2) is 10.2. The lowest BCUT2D eigenvalue weighted by molar-refractivity contribution is 0.276. The van der Waals surface area contributed by atoms with Crippen molar-refractivity contribution in [3.63, 3.8) is 0 Å². The number of rotatable bonds is 8. The third kappa shape index (κ3) is 5.54. The van der Waals surface area contributed by atoms with Gasteiger partial charge in [-0.1, -0.05) is 30.7 Å². The summed E-state index contributed by atoms with van der Waals surface area (Å²) < 4.78 is 7.34. The van der Waals surface area contributed by atoms with E-state index in [0.29, 0.717) is 46.8 Å². The first kappa shape index (κ1) is 22.4. The zero-order chi connectivity index (χ0) is 23.2. The maximum Gasteiger partial charge on any atom is 0.277 e. The number of nitrogens with zero attached hydrogens (tertiary/aromatic N) is 4. The molecule has 0 unspecified atom stereocenters. The third-order valence-corrected chi connectivity index (χ3v) is 5.16. The Labute approximate surface area is 195 Å². The van der Waals surface area contributed by atoms with Gasteiger partial charge in [-0.2, -0.15) is 0 Å². The van der Waals surface area contributed by atoms with Crippen molar-refractivity contribution in [2.24, 2.45) is 0 Å². The lowest BCUT2D eigenvalue weighted by Gasteiger charge is -2.14. The minimum atomic E-state index is -0.191. The van der Waals surface area contributed by atoms with E-state index in [2.05, 4.69) is 20.5 Å². The molecular formula is C24H22ClN5O3. The molecule has 0 saturated heterocycles. The molecule has 0 spiro atoms. The van der Waals surface area contributed by atoms with E-state index in [1.165, 1.54) is 0 Å². The van der Waals surface area contributed by atoms with Gasteiger partial charge in [-0.25, -0.2) is 0 Å². The summed E-state index contributed by atoms with van der Waals surface area (Å²) in [6.07, 6.45) is 2.05. The van der Waals surface area contributed by atoms with Gasteiger partial charge in [-0.15, -0.1) is 10.2 Å². The Balaban J connectivity index is 1.54. The van der Waals surface area contributed by atoms with Crippen LogP contribution in [0.25, 0.3) is 0 Å². The molecule has 0 atom stereocenters. The number of benzene rings is 2. The van der Waals surface area contributed by atoms with E-state index in [1.54, 1.807) is 47.2 Å². The van der Waals surface area contributed by atoms with E-state index in [4.69, 9.17) is 21.4 Å². The largest absolute Gasteiger partial charge is 0.456 e. The van der Waals surface area contributed by atoms with Crippen LogP contribution in [0.2, 0.25) is 5.02 Å². The van der Waals surface area contributed by atoms with E-state index in [0.717, 1.165) is 11.3 Å². The van der Waals surface area contributed by atoms with Crippen LogP contribution in [0.1, 0.15) is 23.9 Å². The first-order valence-electron chi connectivity index (χ1n) is 10.4. The highest BCUT2D eigenvalue weighted by Gasteiger charge is 2.12. The predicted molar refractivity (Wildman–Crippen MR) is 126 cm³/mol. The molecule has 9 heteroatoms. The zero-order valence-corrected chi connectivity index (χ0v) is 18.7. The Kier molecular flexibility index (Phi) is 6.97. The van der Waals surface area contributed by atoms with Crippen LogP contribution in [0.15, 0.2) is 71.7 Å². The number of aliphatic hydroxyl groups is 1. The Hall–Kier alpha value is -3.75. The normalized spacial score (nSPS) is 10.8. The van der Waals surface area contributed by atoms with E-state index in [1.807, 2.05) is 31.2 Å². The van der Waals surface area contributed by atoms with Crippen molar-refractivity contribution in [3.8, 4) is 11.5 Å². The van der Waals surface area contributed by atoms with Gasteiger partial charge in [-0.3, -0.25) is 14.3 Å². The second-order valence-corrected chi connectivity index (χ2v) is 7.67. The first-order valence-corrected chi connectivity index (χ1v) is 10.7. The minimum absolute atomic E-state index is 0.119. The summed E-state index contributed by atoms with van der Waals surface area (Å²) in [6.45, 7) is 2.08. The number of halogens is 1. The number of aliphatic hydroxyl groups excluding tert-OH is 1. The second-order valence-electron chi connectivity index (χ2n) is 7.24. The molecule has 0 bridgehead atoms. The number of nitrogens with one attached hydrogen (secondary N) is 1. The van der Waals surface area contributed by atoms with Crippen LogP contribution in [0, 0.1) is 0 Å². The summed E-state index contributed by atoms with van der Waals surface area (Å²) in [5, 5.41) is 21.2. The Morgan fingerprint density at radius 3 is 2.36 bits per heavy atom. The highest BCUT2D eigenvalue weighted by Crippen LogP contribution is 2.24. The van der Waals surface area contributed by atoms with E-state index in [-0.39, 0.29) is 12.2 Å². The van der Waals surface area contributed by atoms with Crippen molar-refractivity contribution >= 4 is 23.2 Å². The minimum Gasteiger partial charge on any atom is -0.456 e. The molecule has 0 amide bonds. The Morgan fingerprint density at radius 2 is 1.73 bits per heavy atom. The fraction of sp³-hybridized carbons (Fsp3) is 0.167. The van der Waals surface area contributed by atoms with Crippen LogP contribution in [-0.2, 0) is 19.6 Å². The monoisotopic (exact) mass is 463 g/mol. The van der Waals surface area contributed by atoms with E-state index < -0.39 is 0 Å². The quantitative estimate of drug-likeness (QED) is 0.401. The van der Waals surface area contributed by atoms with Gasteiger partial charge in [0.1, 0.15) is 17.2 Å². The number of aromatic nitrogens is 4. The highest BCUT2D eigenvalue weighted by molar-refractivity contribution is 6.30. The first-order chi connectivity index (χ1) is 16.1. The molecular weight excluding hydrogens is 442 g/mol. The summed E-state index contributed by atoms with van der Waals surface area (Å²) in [5.74, 6) is 1.51. The summed E-state index contributed by atoms with van der Waals surface area (Å²) in [5.41, 5.74) is 2.42. The number of hydrogen-bond donors (Lipinski definition) is 2. The molecule has 168 valence electrons. The smallest absolute Gasteiger partial charge is 0.277 e.